The number of nitro groups is 1. The molecule has 7 heteroatoms. The van der Waals surface area contributed by atoms with Gasteiger partial charge in [-0.25, -0.2) is 4.79 Å². The van der Waals surface area contributed by atoms with Crippen LogP contribution in [0.4, 0.5) is 11.4 Å². The van der Waals surface area contributed by atoms with E-state index in [1.165, 1.54) is 18.2 Å². The van der Waals surface area contributed by atoms with Gasteiger partial charge in [0.05, 0.1) is 10.5 Å². The summed E-state index contributed by atoms with van der Waals surface area (Å²) in [5.41, 5.74) is 0.133. The van der Waals surface area contributed by atoms with Crippen LogP contribution in [0.1, 0.15) is 23.7 Å². The molecular weight excluding hydrogens is 252 g/mol. The highest BCUT2D eigenvalue weighted by Gasteiger charge is 2.20. The molecule has 0 atom stereocenters. The molecule has 0 aliphatic heterocycles. The number of aliphatic hydroxyl groups excluding tert-OH is 1. The Balaban J connectivity index is 3.21. The Morgan fingerprint density at radius 1 is 1.47 bits per heavy atom. The topological polar surface area (TPSA) is 104 Å². The van der Waals surface area contributed by atoms with Gasteiger partial charge < -0.3 is 15.1 Å². The number of hydrogen-bond donors (Lipinski definition) is 2. The smallest absolute Gasteiger partial charge is 0.335 e. The van der Waals surface area contributed by atoms with E-state index in [1.807, 2.05) is 6.92 Å². The maximum absolute atomic E-state index is 11.0. The third kappa shape index (κ3) is 3.65. The molecule has 0 aromatic heterocycles. The number of nitro benzene ring substituents is 1. The Labute approximate surface area is 110 Å². The molecule has 104 valence electrons. The molecule has 0 aliphatic rings. The first-order valence-electron chi connectivity index (χ1n) is 5.88. The van der Waals surface area contributed by atoms with Crippen LogP contribution < -0.4 is 4.90 Å². The van der Waals surface area contributed by atoms with Crippen LogP contribution in [0.5, 0.6) is 0 Å². The van der Waals surface area contributed by atoms with Gasteiger partial charge in [-0.2, -0.15) is 0 Å². The summed E-state index contributed by atoms with van der Waals surface area (Å²) in [6.07, 6.45) is 0.461. The van der Waals surface area contributed by atoms with Crippen molar-refractivity contribution in [1.82, 2.24) is 0 Å². The first kappa shape index (κ1) is 14.9. The molecule has 0 saturated carbocycles. The van der Waals surface area contributed by atoms with Crippen molar-refractivity contribution >= 4 is 17.3 Å². The van der Waals surface area contributed by atoms with Gasteiger partial charge in [0, 0.05) is 25.8 Å². The van der Waals surface area contributed by atoms with Gasteiger partial charge in [0.2, 0.25) is 0 Å². The molecule has 0 bridgehead atoms. The number of aromatic carboxylic acids is 1. The highest BCUT2D eigenvalue weighted by atomic mass is 16.6. The number of nitrogens with zero attached hydrogens (tertiary/aromatic N) is 2. The SMILES string of the molecule is CCN(CCCO)c1cc(C(=O)O)ccc1[N+](=O)[O-]. The van der Waals surface area contributed by atoms with Crippen molar-refractivity contribution < 1.29 is 19.9 Å². The second-order valence-electron chi connectivity index (χ2n) is 3.92. The number of carbonyl (C=O) groups is 1. The van der Waals surface area contributed by atoms with Crippen molar-refractivity contribution in [3.05, 3.63) is 33.9 Å². The van der Waals surface area contributed by atoms with Gasteiger partial charge in [-0.05, 0) is 25.5 Å². The Hall–Kier alpha value is -2.15. The lowest BCUT2D eigenvalue weighted by atomic mass is 10.1. The molecule has 19 heavy (non-hydrogen) atoms. The second-order valence-corrected chi connectivity index (χ2v) is 3.92. The standard InChI is InChI=1S/C12H16N2O5/c1-2-13(6-3-7-15)11-8-9(12(16)17)4-5-10(11)14(18)19/h4-5,8,15H,2-3,6-7H2,1H3,(H,16,17). The maximum Gasteiger partial charge on any atom is 0.335 e. The lowest BCUT2D eigenvalue weighted by Gasteiger charge is -2.22. The predicted molar refractivity (Wildman–Crippen MR) is 69.6 cm³/mol. The summed E-state index contributed by atoms with van der Waals surface area (Å²) in [7, 11) is 0. The summed E-state index contributed by atoms with van der Waals surface area (Å²) in [6.45, 7) is 2.71. The molecule has 0 unspecified atom stereocenters. The monoisotopic (exact) mass is 268 g/mol. The van der Waals surface area contributed by atoms with Crippen molar-refractivity contribution in [1.29, 1.82) is 0 Å². The molecule has 0 spiro atoms. The minimum Gasteiger partial charge on any atom is -0.478 e. The van der Waals surface area contributed by atoms with Gasteiger partial charge in [0.15, 0.2) is 0 Å². The van der Waals surface area contributed by atoms with E-state index in [4.69, 9.17) is 10.2 Å². The predicted octanol–water partition coefficient (Wildman–Crippen LogP) is 1.50. The van der Waals surface area contributed by atoms with Crippen molar-refractivity contribution in [3.8, 4) is 0 Å². The number of anilines is 1. The van der Waals surface area contributed by atoms with Gasteiger partial charge in [0.1, 0.15) is 5.69 Å². The maximum atomic E-state index is 11.0. The van der Waals surface area contributed by atoms with Crippen molar-refractivity contribution in [3.63, 3.8) is 0 Å². The Bertz CT molecular complexity index is 475. The number of benzene rings is 1. The van der Waals surface area contributed by atoms with Crippen LogP contribution in [-0.4, -0.2) is 40.8 Å². The van der Waals surface area contributed by atoms with Crippen molar-refractivity contribution in [2.24, 2.45) is 0 Å². The molecule has 2 N–H and O–H groups in total. The summed E-state index contributed by atoms with van der Waals surface area (Å²) < 4.78 is 0. The summed E-state index contributed by atoms with van der Waals surface area (Å²) in [5, 5.41) is 28.7. The summed E-state index contributed by atoms with van der Waals surface area (Å²) in [5.74, 6) is -1.13. The zero-order valence-electron chi connectivity index (χ0n) is 10.6. The lowest BCUT2D eigenvalue weighted by molar-refractivity contribution is -0.384. The Morgan fingerprint density at radius 3 is 2.63 bits per heavy atom. The highest BCUT2D eigenvalue weighted by Crippen LogP contribution is 2.29. The average Bonchev–Trinajstić information content (AvgIpc) is 2.39. The molecule has 0 saturated heterocycles. The zero-order valence-corrected chi connectivity index (χ0v) is 10.6. The van der Waals surface area contributed by atoms with Gasteiger partial charge in [0.25, 0.3) is 5.69 Å². The molecule has 0 aliphatic carbocycles. The average molecular weight is 268 g/mol. The largest absolute Gasteiger partial charge is 0.478 e. The third-order valence-corrected chi connectivity index (χ3v) is 2.73. The molecular formula is C12H16N2O5. The Morgan fingerprint density at radius 2 is 2.16 bits per heavy atom. The molecule has 1 rings (SSSR count). The van der Waals surface area contributed by atoms with E-state index in [0.29, 0.717) is 19.5 Å². The van der Waals surface area contributed by atoms with E-state index in [-0.39, 0.29) is 23.5 Å². The van der Waals surface area contributed by atoms with E-state index >= 15 is 0 Å². The van der Waals surface area contributed by atoms with E-state index in [9.17, 15) is 14.9 Å². The molecule has 0 heterocycles. The number of carboxylic acid groups (broad SMARTS) is 1. The molecule has 1 aromatic carbocycles. The van der Waals surface area contributed by atoms with Crippen molar-refractivity contribution in [2.75, 3.05) is 24.6 Å². The minimum atomic E-state index is -1.13. The second kappa shape index (κ2) is 6.69. The van der Waals surface area contributed by atoms with Crippen LogP contribution in [0.2, 0.25) is 0 Å². The molecule has 1 aromatic rings. The van der Waals surface area contributed by atoms with E-state index in [2.05, 4.69) is 0 Å². The number of rotatable bonds is 7. The fourth-order valence-electron chi connectivity index (χ4n) is 1.77. The van der Waals surface area contributed by atoms with Gasteiger partial charge in [-0.15, -0.1) is 0 Å². The molecule has 7 nitrogen and oxygen atoms in total. The Kier molecular flexibility index (Phi) is 5.25. The first-order chi connectivity index (χ1) is 9.01. The van der Waals surface area contributed by atoms with Crippen molar-refractivity contribution in [2.45, 2.75) is 13.3 Å². The summed E-state index contributed by atoms with van der Waals surface area (Å²) in [4.78, 5) is 23.1. The van der Waals surface area contributed by atoms with E-state index in [0.717, 1.165) is 0 Å². The van der Waals surface area contributed by atoms with Crippen LogP contribution in [0, 0.1) is 10.1 Å². The fourth-order valence-corrected chi connectivity index (χ4v) is 1.77. The number of carboxylic acids is 1. The van der Waals surface area contributed by atoms with Crippen LogP contribution in [0.25, 0.3) is 0 Å². The van der Waals surface area contributed by atoms with Gasteiger partial charge in [-0.3, -0.25) is 10.1 Å². The first-order valence-corrected chi connectivity index (χ1v) is 5.88. The highest BCUT2D eigenvalue weighted by molar-refractivity contribution is 5.90. The fraction of sp³-hybridized carbons (Fsp3) is 0.417. The third-order valence-electron chi connectivity index (χ3n) is 2.73. The van der Waals surface area contributed by atoms with Crippen LogP contribution in [0.3, 0.4) is 0 Å². The molecule has 0 fully saturated rings. The normalized spacial score (nSPS) is 10.2. The number of hydrogen-bond acceptors (Lipinski definition) is 5. The van der Waals surface area contributed by atoms with Gasteiger partial charge in [-0.1, -0.05) is 0 Å². The molecule has 0 radical (unpaired) electrons. The number of aliphatic hydroxyl groups is 1. The molecule has 0 amide bonds. The van der Waals surface area contributed by atoms with E-state index in [1.54, 1.807) is 4.90 Å². The van der Waals surface area contributed by atoms with E-state index < -0.39 is 10.9 Å². The van der Waals surface area contributed by atoms with Crippen LogP contribution >= 0.6 is 0 Å². The minimum absolute atomic E-state index is 0.00282. The zero-order chi connectivity index (χ0) is 14.4. The lowest BCUT2D eigenvalue weighted by Crippen LogP contribution is -2.25. The van der Waals surface area contributed by atoms with Crippen LogP contribution in [0.15, 0.2) is 18.2 Å². The summed E-state index contributed by atoms with van der Waals surface area (Å²) in [6, 6.07) is 3.70. The quantitative estimate of drug-likeness (QED) is 0.573. The van der Waals surface area contributed by atoms with Gasteiger partial charge >= 0.3 is 5.97 Å². The van der Waals surface area contributed by atoms with Crippen LogP contribution in [-0.2, 0) is 0 Å². The summed E-state index contributed by atoms with van der Waals surface area (Å²) >= 11 is 0.